The van der Waals surface area contributed by atoms with E-state index in [-0.39, 0.29) is 12.3 Å². The molecule has 0 aliphatic heterocycles. The number of carboxylic acids is 1. The Bertz CT molecular complexity index is 726. The maximum Gasteiger partial charge on any atom is 0.304 e. The number of hydrogen-bond acceptors (Lipinski definition) is 5. The second kappa shape index (κ2) is 6.23. The number of hydrogen-bond donors (Lipinski definition) is 3. The first kappa shape index (κ1) is 15.5. The highest BCUT2D eigenvalue weighted by molar-refractivity contribution is 7.96. The Morgan fingerprint density at radius 3 is 2.71 bits per heavy atom. The van der Waals surface area contributed by atoms with Gasteiger partial charge in [0, 0.05) is 12.6 Å². The number of benzene rings is 1. The predicted molar refractivity (Wildman–Crippen MR) is 82.0 cm³/mol. The number of rotatable bonds is 5. The third-order valence-electron chi connectivity index (χ3n) is 2.87. The molecule has 0 saturated heterocycles. The molecule has 0 bridgehead atoms. The van der Waals surface area contributed by atoms with Gasteiger partial charge in [0.15, 0.2) is 5.12 Å². The molecule has 0 saturated carbocycles. The van der Waals surface area contributed by atoms with E-state index in [9.17, 15) is 14.4 Å². The van der Waals surface area contributed by atoms with Gasteiger partial charge in [0.1, 0.15) is 5.01 Å². The van der Waals surface area contributed by atoms with E-state index in [4.69, 9.17) is 5.11 Å². The van der Waals surface area contributed by atoms with E-state index < -0.39 is 17.0 Å². The minimum Gasteiger partial charge on any atom is -0.481 e. The summed E-state index contributed by atoms with van der Waals surface area (Å²) in [7, 11) is 1.53. The smallest absolute Gasteiger partial charge is 0.304 e. The van der Waals surface area contributed by atoms with Gasteiger partial charge in [-0.05, 0) is 18.2 Å². The van der Waals surface area contributed by atoms with E-state index in [2.05, 4.69) is 22.9 Å². The van der Waals surface area contributed by atoms with E-state index in [1.165, 1.54) is 18.4 Å². The molecule has 2 aromatic rings. The average molecular weight is 324 g/mol. The van der Waals surface area contributed by atoms with E-state index in [1.807, 2.05) is 0 Å². The Labute approximate surface area is 129 Å². The number of carbonyl (C=O) groups excluding carboxylic acids is 2. The Hall–Kier alpha value is -1.93. The van der Waals surface area contributed by atoms with E-state index in [0.717, 1.165) is 4.70 Å². The number of thiazole rings is 1. The molecule has 1 heterocycles. The number of carbonyl (C=O) groups is 3. The molecule has 2 N–H and O–H groups in total. The average Bonchev–Trinajstić information content (AvgIpc) is 2.85. The molecule has 1 unspecified atom stereocenters. The zero-order chi connectivity index (χ0) is 15.6. The normalized spacial score (nSPS) is 12.1. The lowest BCUT2D eigenvalue weighted by atomic mass is 10.1. The lowest BCUT2D eigenvalue weighted by Gasteiger charge is -2.05. The molecule has 0 aliphatic carbocycles. The standard InChI is InChI=1S/C13H12N2O4S2/c1-14-11(18)6-2-3-9-8(4-6)15-12(21-9)7(13(19)20)5-10(16)17/h2-4,7H,5H2,1H3,(H,14,18)(H,16,17)(H,19,20). The fourth-order valence-electron chi connectivity index (χ4n) is 1.83. The van der Waals surface area contributed by atoms with Gasteiger partial charge in [-0.25, -0.2) is 4.98 Å². The quantitative estimate of drug-likeness (QED) is 0.727. The maximum absolute atomic E-state index is 11.6. The Morgan fingerprint density at radius 1 is 1.43 bits per heavy atom. The highest BCUT2D eigenvalue weighted by Crippen LogP contribution is 2.31. The Kier molecular flexibility index (Phi) is 4.59. The molecular formula is C13H12N2O4S2. The first-order valence-corrected chi connectivity index (χ1v) is 7.26. The van der Waals surface area contributed by atoms with Crippen molar-refractivity contribution in [1.82, 2.24) is 10.3 Å². The van der Waals surface area contributed by atoms with E-state index in [0.29, 0.717) is 16.1 Å². The van der Waals surface area contributed by atoms with Crippen molar-refractivity contribution < 1.29 is 19.5 Å². The molecule has 1 aromatic carbocycles. The highest BCUT2D eigenvalue weighted by atomic mass is 32.1. The molecule has 0 fully saturated rings. The summed E-state index contributed by atoms with van der Waals surface area (Å²) < 4.78 is 0.780. The molecule has 1 aromatic heterocycles. The number of nitrogens with zero attached hydrogens (tertiary/aromatic N) is 1. The van der Waals surface area contributed by atoms with Crippen molar-refractivity contribution >= 4 is 51.2 Å². The Balaban J connectivity index is 2.43. The summed E-state index contributed by atoms with van der Waals surface area (Å²) in [6.45, 7) is 0. The summed E-state index contributed by atoms with van der Waals surface area (Å²) in [6, 6.07) is 4.98. The third kappa shape index (κ3) is 3.40. The number of thiol groups is 1. The molecule has 1 atom stereocenters. The number of aliphatic carboxylic acids is 1. The van der Waals surface area contributed by atoms with Gasteiger partial charge in [-0.2, -0.15) is 0 Å². The van der Waals surface area contributed by atoms with Gasteiger partial charge in [-0.3, -0.25) is 14.4 Å². The van der Waals surface area contributed by atoms with Gasteiger partial charge in [0.25, 0.3) is 5.91 Å². The van der Waals surface area contributed by atoms with Crippen molar-refractivity contribution in [3.63, 3.8) is 0 Å². The predicted octanol–water partition coefficient (Wildman–Crippen LogP) is 1.67. The summed E-state index contributed by atoms with van der Waals surface area (Å²) >= 11 is 4.96. The van der Waals surface area contributed by atoms with Crippen LogP contribution in [0.5, 0.6) is 0 Å². The first-order chi connectivity index (χ1) is 9.92. The van der Waals surface area contributed by atoms with Crippen LogP contribution in [0.25, 0.3) is 10.2 Å². The van der Waals surface area contributed by atoms with Crippen LogP contribution in [0, 0.1) is 0 Å². The highest BCUT2D eigenvalue weighted by Gasteiger charge is 2.25. The molecule has 0 radical (unpaired) electrons. The van der Waals surface area contributed by atoms with Crippen LogP contribution in [0.2, 0.25) is 0 Å². The largest absolute Gasteiger partial charge is 0.481 e. The monoisotopic (exact) mass is 324 g/mol. The summed E-state index contributed by atoms with van der Waals surface area (Å²) in [6.07, 6.45) is -0.357. The number of fused-ring (bicyclic) bond motifs is 1. The van der Waals surface area contributed by atoms with E-state index >= 15 is 0 Å². The van der Waals surface area contributed by atoms with Gasteiger partial charge in [-0.1, -0.05) is 0 Å². The van der Waals surface area contributed by atoms with Gasteiger partial charge < -0.3 is 10.4 Å². The van der Waals surface area contributed by atoms with Crippen molar-refractivity contribution in [2.75, 3.05) is 7.05 Å². The van der Waals surface area contributed by atoms with Crippen LogP contribution in [0.3, 0.4) is 0 Å². The summed E-state index contributed by atoms with van der Waals surface area (Å²) in [4.78, 5) is 38.1. The molecule has 1 amide bonds. The van der Waals surface area contributed by atoms with Crippen molar-refractivity contribution in [2.24, 2.45) is 0 Å². The van der Waals surface area contributed by atoms with Gasteiger partial charge in [0.05, 0.1) is 22.6 Å². The number of carboxylic acid groups (broad SMARTS) is 1. The van der Waals surface area contributed by atoms with Crippen LogP contribution >= 0.6 is 24.0 Å². The van der Waals surface area contributed by atoms with Crippen molar-refractivity contribution in [3.05, 3.63) is 28.8 Å². The first-order valence-electron chi connectivity index (χ1n) is 5.99. The SMILES string of the molecule is CNC(=O)c1ccc2sc(C(CC(=O)O)C(=O)S)nc2c1. The molecule has 0 spiro atoms. The number of nitrogens with one attached hydrogen (secondary N) is 1. The molecule has 0 aliphatic rings. The van der Waals surface area contributed by atoms with Crippen LogP contribution in [0.1, 0.15) is 27.7 Å². The fourth-order valence-corrected chi connectivity index (χ4v) is 3.18. The molecule has 110 valence electrons. The van der Waals surface area contributed by atoms with Crippen molar-refractivity contribution in [1.29, 1.82) is 0 Å². The summed E-state index contributed by atoms with van der Waals surface area (Å²) in [5.41, 5.74) is 1.01. The molecule has 6 nitrogen and oxygen atoms in total. The van der Waals surface area contributed by atoms with Crippen molar-refractivity contribution in [2.45, 2.75) is 12.3 Å². The Morgan fingerprint density at radius 2 is 2.14 bits per heavy atom. The second-order valence-electron chi connectivity index (χ2n) is 4.30. The molecular weight excluding hydrogens is 312 g/mol. The lowest BCUT2D eigenvalue weighted by Crippen LogP contribution is -2.17. The zero-order valence-corrected chi connectivity index (χ0v) is 12.7. The molecule has 8 heteroatoms. The lowest BCUT2D eigenvalue weighted by molar-refractivity contribution is -0.138. The van der Waals surface area contributed by atoms with E-state index in [1.54, 1.807) is 18.2 Å². The van der Waals surface area contributed by atoms with Crippen LogP contribution < -0.4 is 5.32 Å². The van der Waals surface area contributed by atoms with Gasteiger partial charge in [0.2, 0.25) is 0 Å². The third-order valence-corrected chi connectivity index (χ3v) is 4.33. The topological polar surface area (TPSA) is 96.4 Å². The van der Waals surface area contributed by atoms with Gasteiger partial charge in [-0.15, -0.1) is 24.0 Å². The van der Waals surface area contributed by atoms with Gasteiger partial charge >= 0.3 is 5.97 Å². The summed E-state index contributed by atoms with van der Waals surface area (Å²) in [5, 5.41) is 11.2. The molecule has 21 heavy (non-hydrogen) atoms. The van der Waals surface area contributed by atoms with Crippen LogP contribution in [0.4, 0.5) is 0 Å². The minimum atomic E-state index is -1.09. The van der Waals surface area contributed by atoms with Crippen molar-refractivity contribution in [3.8, 4) is 0 Å². The zero-order valence-electron chi connectivity index (χ0n) is 11.0. The number of amides is 1. The fraction of sp³-hybridized carbons (Fsp3) is 0.231. The second-order valence-corrected chi connectivity index (χ2v) is 5.81. The molecule has 2 rings (SSSR count). The van der Waals surface area contributed by atoms with Crippen LogP contribution in [-0.4, -0.2) is 34.1 Å². The number of aromatic nitrogens is 1. The maximum atomic E-state index is 11.6. The van der Waals surface area contributed by atoms with Crippen LogP contribution in [-0.2, 0) is 9.59 Å². The minimum absolute atomic E-state index is 0.237. The summed E-state index contributed by atoms with van der Waals surface area (Å²) in [5.74, 6) is -2.21. The van der Waals surface area contributed by atoms with Crippen LogP contribution in [0.15, 0.2) is 18.2 Å².